The van der Waals surface area contributed by atoms with Crippen LogP contribution in [0.25, 0.3) is 0 Å². The number of likely N-dealkylation sites (N-methyl/N-ethyl adjacent to an activating group) is 1. The summed E-state index contributed by atoms with van der Waals surface area (Å²) in [5.74, 6) is 1.12. The summed E-state index contributed by atoms with van der Waals surface area (Å²) in [4.78, 5) is 20.9. The van der Waals surface area contributed by atoms with Crippen LogP contribution in [0.15, 0.2) is 28.8 Å². The Kier molecular flexibility index (Phi) is 5.82. The van der Waals surface area contributed by atoms with Crippen molar-refractivity contribution in [3.05, 3.63) is 41.0 Å². The molecule has 26 heavy (non-hydrogen) atoms. The largest absolute Gasteiger partial charge is 0.339 e. The Balaban J connectivity index is 0.00000196. The number of carbonyl (C=O) groups excluding carboxylic acids is 1. The Morgan fingerprint density at radius 2 is 2.15 bits per heavy atom. The van der Waals surface area contributed by atoms with E-state index in [1.807, 2.05) is 18.2 Å². The molecular formula is C17H21Cl2N5O2. The van der Waals surface area contributed by atoms with Gasteiger partial charge in [-0.2, -0.15) is 4.98 Å². The highest BCUT2D eigenvalue weighted by Crippen LogP contribution is 2.35. The maximum absolute atomic E-state index is 12.4. The highest BCUT2D eigenvalue weighted by Gasteiger charge is 2.36. The van der Waals surface area contributed by atoms with Crippen LogP contribution in [-0.4, -0.2) is 54.2 Å². The van der Waals surface area contributed by atoms with Crippen LogP contribution in [0.1, 0.15) is 30.1 Å². The Hall–Kier alpha value is -1.67. The zero-order chi connectivity index (χ0) is 17.4. The fourth-order valence-electron chi connectivity index (χ4n) is 3.42. The van der Waals surface area contributed by atoms with Crippen molar-refractivity contribution >= 4 is 35.6 Å². The number of rotatable bonds is 3. The molecule has 4 rings (SSSR count). The SMILES string of the molecule is CN1CCNCC1c1noc(C2CC(=O)N(c3ccccc3Cl)C2)n1.Cl. The van der Waals surface area contributed by atoms with Gasteiger partial charge in [-0.15, -0.1) is 12.4 Å². The van der Waals surface area contributed by atoms with Gasteiger partial charge >= 0.3 is 0 Å². The molecular weight excluding hydrogens is 377 g/mol. The van der Waals surface area contributed by atoms with Gasteiger partial charge in [-0.05, 0) is 19.2 Å². The molecule has 2 unspecified atom stereocenters. The Bertz CT molecular complexity index is 784. The van der Waals surface area contributed by atoms with Crippen molar-refractivity contribution in [2.24, 2.45) is 0 Å². The summed E-state index contributed by atoms with van der Waals surface area (Å²) in [6, 6.07) is 7.46. The van der Waals surface area contributed by atoms with Crippen molar-refractivity contribution in [2.45, 2.75) is 18.4 Å². The van der Waals surface area contributed by atoms with Crippen LogP contribution in [0.4, 0.5) is 5.69 Å². The molecule has 0 bridgehead atoms. The van der Waals surface area contributed by atoms with Crippen LogP contribution < -0.4 is 10.2 Å². The molecule has 7 nitrogen and oxygen atoms in total. The average molecular weight is 398 g/mol. The smallest absolute Gasteiger partial charge is 0.232 e. The quantitative estimate of drug-likeness (QED) is 0.855. The van der Waals surface area contributed by atoms with Crippen LogP contribution in [0, 0.1) is 0 Å². The molecule has 0 spiro atoms. The molecule has 0 radical (unpaired) electrons. The zero-order valence-electron chi connectivity index (χ0n) is 14.4. The van der Waals surface area contributed by atoms with Gasteiger partial charge in [-0.1, -0.05) is 28.9 Å². The van der Waals surface area contributed by atoms with Crippen LogP contribution in [0.3, 0.4) is 0 Å². The van der Waals surface area contributed by atoms with Gasteiger partial charge in [0.2, 0.25) is 11.8 Å². The van der Waals surface area contributed by atoms with Gasteiger partial charge in [-0.3, -0.25) is 9.69 Å². The van der Waals surface area contributed by atoms with Crippen molar-refractivity contribution in [1.29, 1.82) is 0 Å². The van der Waals surface area contributed by atoms with Crippen molar-refractivity contribution < 1.29 is 9.32 Å². The highest BCUT2D eigenvalue weighted by molar-refractivity contribution is 6.33. The molecule has 0 saturated carbocycles. The van der Waals surface area contributed by atoms with E-state index in [1.54, 1.807) is 11.0 Å². The molecule has 1 amide bonds. The second-order valence-corrected chi connectivity index (χ2v) is 6.96. The van der Waals surface area contributed by atoms with Crippen LogP contribution in [-0.2, 0) is 4.79 Å². The normalized spacial score (nSPS) is 23.9. The van der Waals surface area contributed by atoms with Crippen LogP contribution in [0.2, 0.25) is 5.02 Å². The van der Waals surface area contributed by atoms with E-state index >= 15 is 0 Å². The molecule has 1 aromatic carbocycles. The number of amides is 1. The van der Waals surface area contributed by atoms with Crippen LogP contribution >= 0.6 is 24.0 Å². The standard InChI is InChI=1S/C17H20ClN5O2.ClH/c1-22-7-6-19-9-14(22)16-20-17(25-21-16)11-8-15(24)23(10-11)13-5-3-2-4-12(13)18;/h2-5,11,14,19H,6-10H2,1H3;1H. The lowest BCUT2D eigenvalue weighted by Crippen LogP contribution is -2.44. The second-order valence-electron chi connectivity index (χ2n) is 6.55. The van der Waals surface area contributed by atoms with Crippen molar-refractivity contribution in [2.75, 3.05) is 38.1 Å². The van der Waals surface area contributed by atoms with E-state index in [4.69, 9.17) is 16.1 Å². The fraction of sp³-hybridized carbons (Fsp3) is 0.471. The minimum absolute atomic E-state index is 0. The maximum atomic E-state index is 12.4. The summed E-state index contributed by atoms with van der Waals surface area (Å²) in [5, 5.41) is 8.06. The van der Waals surface area contributed by atoms with Crippen molar-refractivity contribution in [1.82, 2.24) is 20.4 Å². The third-order valence-electron chi connectivity index (χ3n) is 4.88. The Morgan fingerprint density at radius 3 is 2.92 bits per heavy atom. The number of piperazine rings is 1. The van der Waals surface area contributed by atoms with Gasteiger partial charge in [0.05, 0.1) is 22.7 Å². The molecule has 2 saturated heterocycles. The monoisotopic (exact) mass is 397 g/mol. The molecule has 3 heterocycles. The number of anilines is 1. The zero-order valence-corrected chi connectivity index (χ0v) is 16.0. The minimum atomic E-state index is -0.105. The first-order chi connectivity index (χ1) is 12.1. The molecule has 2 aliphatic heterocycles. The summed E-state index contributed by atoms with van der Waals surface area (Å²) >= 11 is 6.23. The summed E-state index contributed by atoms with van der Waals surface area (Å²) < 4.78 is 5.49. The van der Waals surface area contributed by atoms with Gasteiger partial charge in [-0.25, -0.2) is 0 Å². The fourth-order valence-corrected chi connectivity index (χ4v) is 3.66. The first kappa shape index (κ1) is 19.1. The number of halogens is 2. The topological polar surface area (TPSA) is 74.5 Å². The van der Waals surface area contributed by atoms with Crippen molar-refractivity contribution in [3.8, 4) is 0 Å². The van der Waals surface area contributed by atoms with E-state index in [1.165, 1.54) is 0 Å². The third kappa shape index (κ3) is 3.57. The number of para-hydroxylation sites is 1. The van der Waals surface area contributed by atoms with E-state index in [9.17, 15) is 4.79 Å². The molecule has 2 atom stereocenters. The van der Waals surface area contributed by atoms with Gasteiger partial charge in [0, 0.05) is 32.6 Å². The number of benzene rings is 1. The molecule has 2 aliphatic rings. The van der Waals surface area contributed by atoms with Gasteiger partial charge in [0.1, 0.15) is 0 Å². The van der Waals surface area contributed by atoms with E-state index in [2.05, 4.69) is 27.4 Å². The Morgan fingerprint density at radius 1 is 1.35 bits per heavy atom. The molecule has 1 aromatic heterocycles. The van der Waals surface area contributed by atoms with E-state index in [0.717, 1.165) is 25.3 Å². The van der Waals surface area contributed by atoms with Gasteiger partial charge in [0.25, 0.3) is 0 Å². The number of aromatic nitrogens is 2. The lowest BCUT2D eigenvalue weighted by atomic mass is 10.1. The molecule has 2 aromatic rings. The first-order valence-corrected chi connectivity index (χ1v) is 8.80. The second kappa shape index (κ2) is 7.92. The van der Waals surface area contributed by atoms with Crippen LogP contribution in [0.5, 0.6) is 0 Å². The summed E-state index contributed by atoms with van der Waals surface area (Å²) in [6.45, 7) is 3.20. The molecule has 9 heteroatoms. The third-order valence-corrected chi connectivity index (χ3v) is 5.20. The average Bonchev–Trinajstić information content (AvgIpc) is 3.23. The molecule has 2 fully saturated rings. The molecule has 0 aliphatic carbocycles. The number of hydrogen-bond donors (Lipinski definition) is 1. The lowest BCUT2D eigenvalue weighted by Gasteiger charge is -2.30. The Labute approximate surface area is 163 Å². The summed E-state index contributed by atoms with van der Waals surface area (Å²) in [7, 11) is 2.06. The lowest BCUT2D eigenvalue weighted by molar-refractivity contribution is -0.117. The number of hydrogen-bond acceptors (Lipinski definition) is 6. The first-order valence-electron chi connectivity index (χ1n) is 8.43. The summed E-state index contributed by atoms with van der Waals surface area (Å²) in [6.07, 6.45) is 0.353. The predicted molar refractivity (Wildman–Crippen MR) is 101 cm³/mol. The van der Waals surface area contributed by atoms with E-state index < -0.39 is 0 Å². The van der Waals surface area contributed by atoms with Gasteiger partial charge in [0.15, 0.2) is 5.82 Å². The van der Waals surface area contributed by atoms with E-state index in [0.29, 0.717) is 29.7 Å². The molecule has 140 valence electrons. The van der Waals surface area contributed by atoms with Crippen molar-refractivity contribution in [3.63, 3.8) is 0 Å². The van der Waals surface area contributed by atoms with Gasteiger partial charge < -0.3 is 14.7 Å². The molecule has 1 N–H and O–H groups in total. The highest BCUT2D eigenvalue weighted by atomic mass is 35.5. The number of nitrogens with zero attached hydrogens (tertiary/aromatic N) is 4. The number of nitrogens with one attached hydrogen (secondary N) is 1. The van der Waals surface area contributed by atoms with E-state index in [-0.39, 0.29) is 30.3 Å². The number of carbonyl (C=O) groups is 1. The predicted octanol–water partition coefficient (Wildman–Crippen LogP) is 2.24. The minimum Gasteiger partial charge on any atom is -0.339 e. The maximum Gasteiger partial charge on any atom is 0.232 e. The summed E-state index contributed by atoms with van der Waals surface area (Å²) in [5.41, 5.74) is 0.729.